The van der Waals surface area contributed by atoms with E-state index >= 15 is 0 Å². The fraction of sp³-hybridized carbons (Fsp3) is 0.125. The van der Waals surface area contributed by atoms with Crippen molar-refractivity contribution in [2.75, 3.05) is 18.1 Å². The number of carbonyl (C=O) groups excluding carboxylic acids is 1. The second kappa shape index (κ2) is 8.57. The summed E-state index contributed by atoms with van der Waals surface area (Å²) in [6.07, 6.45) is -1.41. The van der Waals surface area contributed by atoms with Crippen molar-refractivity contribution < 1.29 is 22.7 Å². The standard InChI is InChI=1S/C16H14ClF3N6O2/c1-23-10(4-5-21)15(27)26-12-7-24-13(14(22)25-12)9-6-8(17)2-3-11(9)28-16(18,19)20/h2-7H,21H2,1H3,(H3,22,25,26,27)/b5-4-,23-10?. The quantitative estimate of drug-likeness (QED) is 0.645. The number of aromatic nitrogens is 2. The summed E-state index contributed by atoms with van der Waals surface area (Å²) in [5, 5.41) is 2.53. The number of benzene rings is 1. The molecule has 0 atom stereocenters. The van der Waals surface area contributed by atoms with Crippen LogP contribution in [0, 0.1) is 0 Å². The number of halogens is 4. The monoisotopic (exact) mass is 414 g/mol. The molecule has 8 nitrogen and oxygen atoms in total. The minimum atomic E-state index is -4.93. The summed E-state index contributed by atoms with van der Waals surface area (Å²) in [5.74, 6) is -1.48. The van der Waals surface area contributed by atoms with Crippen LogP contribution in [-0.2, 0) is 4.79 Å². The Morgan fingerprint density at radius 1 is 1.39 bits per heavy atom. The lowest BCUT2D eigenvalue weighted by Gasteiger charge is -2.14. The fourth-order valence-electron chi connectivity index (χ4n) is 2.10. The minimum absolute atomic E-state index is 0.0163. The van der Waals surface area contributed by atoms with E-state index in [0.29, 0.717) is 0 Å². The van der Waals surface area contributed by atoms with Gasteiger partial charge in [0, 0.05) is 17.6 Å². The van der Waals surface area contributed by atoms with Gasteiger partial charge in [0.25, 0.3) is 5.91 Å². The summed E-state index contributed by atoms with van der Waals surface area (Å²) >= 11 is 5.86. The number of nitrogens with two attached hydrogens (primary N) is 2. The lowest BCUT2D eigenvalue weighted by atomic mass is 10.1. The van der Waals surface area contributed by atoms with E-state index in [1.54, 1.807) is 0 Å². The first kappa shape index (κ1) is 21.0. The third-order valence-electron chi connectivity index (χ3n) is 3.19. The van der Waals surface area contributed by atoms with E-state index in [-0.39, 0.29) is 33.6 Å². The number of nitrogens with one attached hydrogen (secondary N) is 1. The zero-order valence-corrected chi connectivity index (χ0v) is 15.0. The van der Waals surface area contributed by atoms with Crippen LogP contribution in [0.3, 0.4) is 0 Å². The van der Waals surface area contributed by atoms with Gasteiger partial charge >= 0.3 is 6.36 Å². The van der Waals surface area contributed by atoms with E-state index in [4.69, 9.17) is 23.1 Å². The maximum Gasteiger partial charge on any atom is 0.573 e. The molecule has 0 spiro atoms. The number of hydrogen-bond acceptors (Lipinski definition) is 7. The van der Waals surface area contributed by atoms with Gasteiger partial charge in [-0.2, -0.15) is 0 Å². The third kappa shape index (κ3) is 5.33. The Labute approximate surface area is 162 Å². The highest BCUT2D eigenvalue weighted by Crippen LogP contribution is 2.37. The molecule has 0 saturated carbocycles. The molecule has 1 amide bonds. The molecule has 0 aliphatic rings. The van der Waals surface area contributed by atoms with Gasteiger partial charge in [-0.15, -0.1) is 13.2 Å². The van der Waals surface area contributed by atoms with Gasteiger partial charge in [0.15, 0.2) is 11.6 Å². The second-order valence-corrected chi connectivity index (χ2v) is 5.54. The first-order valence-corrected chi connectivity index (χ1v) is 7.87. The average molecular weight is 415 g/mol. The zero-order valence-electron chi connectivity index (χ0n) is 14.3. The molecule has 28 heavy (non-hydrogen) atoms. The molecule has 0 aliphatic heterocycles. The van der Waals surface area contributed by atoms with Crippen LogP contribution in [0.2, 0.25) is 5.02 Å². The lowest BCUT2D eigenvalue weighted by Crippen LogP contribution is -2.22. The number of hydrogen-bond donors (Lipinski definition) is 3. The molecular weight excluding hydrogens is 401 g/mol. The second-order valence-electron chi connectivity index (χ2n) is 5.10. The molecule has 0 unspecified atom stereocenters. The highest BCUT2D eigenvalue weighted by Gasteiger charge is 2.32. The van der Waals surface area contributed by atoms with E-state index in [2.05, 4.69) is 25.0 Å². The molecule has 0 aliphatic carbocycles. The molecule has 0 fully saturated rings. The summed E-state index contributed by atoms with van der Waals surface area (Å²) in [7, 11) is 1.39. The molecule has 0 bridgehead atoms. The maximum absolute atomic E-state index is 12.6. The van der Waals surface area contributed by atoms with Crippen LogP contribution >= 0.6 is 11.6 Å². The molecule has 5 N–H and O–H groups in total. The van der Waals surface area contributed by atoms with Gasteiger partial charge in [-0.05, 0) is 30.5 Å². The largest absolute Gasteiger partial charge is 0.573 e. The molecule has 2 rings (SSSR count). The van der Waals surface area contributed by atoms with Crippen LogP contribution < -0.4 is 21.5 Å². The number of nitrogens with zero attached hydrogens (tertiary/aromatic N) is 3. The number of alkyl halides is 3. The summed E-state index contributed by atoms with van der Waals surface area (Å²) in [6, 6.07) is 3.46. The predicted octanol–water partition coefficient (Wildman–Crippen LogP) is 2.76. The van der Waals surface area contributed by atoms with Crippen molar-refractivity contribution in [1.29, 1.82) is 0 Å². The molecule has 0 radical (unpaired) electrons. The van der Waals surface area contributed by atoms with Crippen molar-refractivity contribution in [2.24, 2.45) is 10.7 Å². The van der Waals surface area contributed by atoms with Crippen molar-refractivity contribution in [2.45, 2.75) is 6.36 Å². The number of rotatable bonds is 5. The van der Waals surface area contributed by atoms with Gasteiger partial charge in [0.1, 0.15) is 17.2 Å². The molecule has 1 aromatic carbocycles. The molecular formula is C16H14ClF3N6O2. The van der Waals surface area contributed by atoms with Crippen LogP contribution in [0.25, 0.3) is 11.3 Å². The number of carbonyl (C=O) groups is 1. The van der Waals surface area contributed by atoms with Gasteiger partial charge in [-0.1, -0.05) is 11.6 Å². The zero-order chi connectivity index (χ0) is 20.9. The van der Waals surface area contributed by atoms with Crippen LogP contribution in [-0.4, -0.2) is 35.0 Å². The van der Waals surface area contributed by atoms with E-state index in [1.807, 2.05) is 0 Å². The van der Waals surface area contributed by atoms with Gasteiger partial charge in [0.2, 0.25) is 0 Å². The van der Waals surface area contributed by atoms with Crippen molar-refractivity contribution in [1.82, 2.24) is 9.97 Å². The van der Waals surface area contributed by atoms with Crippen LogP contribution in [0.1, 0.15) is 0 Å². The number of ether oxygens (including phenoxy) is 1. The number of aliphatic imine (C=N–C) groups is 1. The van der Waals surface area contributed by atoms with Gasteiger partial charge in [-0.3, -0.25) is 9.79 Å². The van der Waals surface area contributed by atoms with E-state index in [1.165, 1.54) is 25.3 Å². The first-order valence-electron chi connectivity index (χ1n) is 7.49. The Hall–Kier alpha value is -3.34. The molecule has 12 heteroatoms. The molecule has 0 saturated heterocycles. The summed E-state index contributed by atoms with van der Waals surface area (Å²) < 4.78 is 41.8. The Balaban J connectivity index is 2.38. The normalized spacial score (nSPS) is 12.2. The van der Waals surface area contributed by atoms with Gasteiger partial charge in [-0.25, -0.2) is 9.97 Å². The smallest absolute Gasteiger partial charge is 0.405 e. The summed E-state index contributed by atoms with van der Waals surface area (Å²) in [5.41, 5.74) is 10.8. The number of amides is 1. The topological polar surface area (TPSA) is 129 Å². The number of nitrogen functional groups attached to an aromatic ring is 1. The van der Waals surface area contributed by atoms with Gasteiger partial charge in [0.05, 0.1) is 6.20 Å². The van der Waals surface area contributed by atoms with E-state index in [0.717, 1.165) is 18.5 Å². The Morgan fingerprint density at radius 3 is 2.68 bits per heavy atom. The Bertz CT molecular complexity index is 946. The van der Waals surface area contributed by atoms with Crippen molar-refractivity contribution in [3.8, 4) is 17.0 Å². The van der Waals surface area contributed by atoms with Crippen LogP contribution in [0.15, 0.2) is 41.7 Å². The summed E-state index contributed by atoms with van der Waals surface area (Å²) in [4.78, 5) is 23.7. The number of anilines is 2. The highest BCUT2D eigenvalue weighted by molar-refractivity contribution is 6.47. The van der Waals surface area contributed by atoms with E-state index < -0.39 is 18.0 Å². The van der Waals surface area contributed by atoms with Crippen molar-refractivity contribution in [3.05, 3.63) is 41.7 Å². The highest BCUT2D eigenvalue weighted by atomic mass is 35.5. The van der Waals surface area contributed by atoms with Crippen LogP contribution in [0.4, 0.5) is 24.8 Å². The molecule has 2 aromatic rings. The minimum Gasteiger partial charge on any atom is -0.405 e. The van der Waals surface area contributed by atoms with Gasteiger partial charge < -0.3 is 21.5 Å². The fourth-order valence-corrected chi connectivity index (χ4v) is 2.27. The molecule has 148 valence electrons. The maximum atomic E-state index is 12.6. The Morgan fingerprint density at radius 2 is 2.11 bits per heavy atom. The van der Waals surface area contributed by atoms with Crippen molar-refractivity contribution >= 4 is 34.9 Å². The van der Waals surface area contributed by atoms with E-state index in [9.17, 15) is 18.0 Å². The van der Waals surface area contributed by atoms with Crippen molar-refractivity contribution in [3.63, 3.8) is 0 Å². The molecule has 1 aromatic heterocycles. The van der Waals surface area contributed by atoms with Crippen LogP contribution in [0.5, 0.6) is 5.75 Å². The predicted molar refractivity (Wildman–Crippen MR) is 98.9 cm³/mol. The molecule has 1 heterocycles. The SMILES string of the molecule is CN=C(/C=C\N)C(=O)Nc1cnc(-c2cc(Cl)ccc2OC(F)(F)F)c(N)n1. The summed E-state index contributed by atoms with van der Waals surface area (Å²) in [6.45, 7) is 0. The lowest BCUT2D eigenvalue weighted by molar-refractivity contribution is -0.274. The Kier molecular flexibility index (Phi) is 6.41. The third-order valence-corrected chi connectivity index (χ3v) is 3.43. The first-order chi connectivity index (χ1) is 13.1. The average Bonchev–Trinajstić information content (AvgIpc) is 2.60.